The maximum Gasteiger partial charge on any atom is 0.227 e. The van der Waals surface area contributed by atoms with Crippen LogP contribution in [0, 0.1) is 12.8 Å². The van der Waals surface area contributed by atoms with E-state index in [1.54, 1.807) is 0 Å². The smallest absolute Gasteiger partial charge is 0.227 e. The summed E-state index contributed by atoms with van der Waals surface area (Å²) < 4.78 is 0. The largest absolute Gasteiger partial charge is 0.371 e. The summed E-state index contributed by atoms with van der Waals surface area (Å²) in [6.45, 7) is 14.8. The molecule has 0 saturated carbocycles. The second-order valence-corrected chi connectivity index (χ2v) is 8.15. The summed E-state index contributed by atoms with van der Waals surface area (Å²) in [6.07, 6.45) is 3.02. The third-order valence-corrected chi connectivity index (χ3v) is 5.94. The first-order valence-corrected chi connectivity index (χ1v) is 12.6. The number of aromatic amines is 1. The van der Waals surface area contributed by atoms with Crippen LogP contribution in [-0.4, -0.2) is 47.5 Å². The van der Waals surface area contributed by atoms with Crippen molar-refractivity contribution in [2.45, 2.75) is 60.8 Å². The molecule has 1 aliphatic heterocycles. The highest BCUT2D eigenvalue weighted by Crippen LogP contribution is 2.30. The number of aryl methyl sites for hydroxylation is 1. The quantitative estimate of drug-likeness (QED) is 0.472. The number of rotatable bonds is 5. The Balaban J connectivity index is 0.000000914. The van der Waals surface area contributed by atoms with Crippen LogP contribution in [0.2, 0.25) is 0 Å². The number of carbonyl (C=O) groups excluding carboxylic acids is 1. The summed E-state index contributed by atoms with van der Waals surface area (Å²) in [5.41, 5.74) is 5.52. The molecule has 0 aliphatic carbocycles. The summed E-state index contributed by atoms with van der Waals surface area (Å²) >= 11 is 0. The number of anilines is 1. The van der Waals surface area contributed by atoms with Gasteiger partial charge < -0.3 is 14.8 Å². The first kappa shape index (κ1) is 26.4. The number of amides is 1. The lowest BCUT2D eigenvalue weighted by Crippen LogP contribution is -2.44. The van der Waals surface area contributed by atoms with E-state index in [0.29, 0.717) is 0 Å². The Morgan fingerprint density at radius 3 is 2.58 bits per heavy atom. The lowest BCUT2D eigenvalue weighted by atomic mass is 9.95. The third-order valence-electron chi connectivity index (χ3n) is 5.94. The number of carbonyl (C=O) groups is 1. The predicted octanol–water partition coefficient (Wildman–Crippen LogP) is 6.68. The molecule has 5 nitrogen and oxygen atoms in total. The fourth-order valence-electron chi connectivity index (χ4n) is 4.31. The van der Waals surface area contributed by atoms with Gasteiger partial charge in [-0.1, -0.05) is 52.8 Å². The van der Waals surface area contributed by atoms with Gasteiger partial charge in [0.05, 0.1) is 17.0 Å². The van der Waals surface area contributed by atoms with E-state index in [2.05, 4.69) is 48.0 Å². The number of piperidine rings is 1. The van der Waals surface area contributed by atoms with Gasteiger partial charge in [0.25, 0.3) is 0 Å². The molecular weight excluding hydrogens is 408 g/mol. The predicted molar refractivity (Wildman–Crippen MR) is 142 cm³/mol. The molecule has 0 spiro atoms. The molecule has 180 valence electrons. The summed E-state index contributed by atoms with van der Waals surface area (Å²) in [7, 11) is 1.93. The van der Waals surface area contributed by atoms with Crippen molar-refractivity contribution in [1.29, 1.82) is 0 Å². The van der Waals surface area contributed by atoms with Crippen molar-refractivity contribution < 1.29 is 4.79 Å². The first-order valence-electron chi connectivity index (χ1n) is 12.6. The van der Waals surface area contributed by atoms with E-state index in [0.717, 1.165) is 61.3 Å². The lowest BCUT2D eigenvalue weighted by Gasteiger charge is -2.35. The topological polar surface area (TPSA) is 52.2 Å². The molecule has 1 fully saturated rings. The highest BCUT2D eigenvalue weighted by atomic mass is 16.2. The van der Waals surface area contributed by atoms with Gasteiger partial charge in [0.2, 0.25) is 5.91 Å². The Hall–Kier alpha value is -2.82. The van der Waals surface area contributed by atoms with Crippen molar-refractivity contribution >= 4 is 22.6 Å². The average Bonchev–Trinajstić information content (AvgIpc) is 3.30. The number of nitrogens with one attached hydrogen (secondary N) is 1. The zero-order chi connectivity index (χ0) is 24.4. The van der Waals surface area contributed by atoms with E-state index >= 15 is 0 Å². The zero-order valence-corrected chi connectivity index (χ0v) is 21.6. The number of hydrogen-bond donors (Lipinski definition) is 1. The second-order valence-electron chi connectivity index (χ2n) is 8.15. The molecule has 0 radical (unpaired) electrons. The fraction of sp³-hybridized carbons (Fsp3) is 0.500. The van der Waals surface area contributed by atoms with Crippen LogP contribution in [0.4, 0.5) is 5.69 Å². The molecule has 0 bridgehead atoms. The minimum atomic E-state index is 0.0799. The Kier molecular flexibility index (Phi) is 10.4. The molecule has 1 unspecified atom stereocenters. The van der Waals surface area contributed by atoms with E-state index in [4.69, 9.17) is 4.98 Å². The molecule has 1 amide bonds. The summed E-state index contributed by atoms with van der Waals surface area (Å²) in [5, 5.41) is 0. The number of nitrogens with zero attached hydrogens (tertiary/aromatic N) is 3. The number of aromatic nitrogens is 2. The zero-order valence-electron chi connectivity index (χ0n) is 21.6. The molecule has 5 heteroatoms. The van der Waals surface area contributed by atoms with Gasteiger partial charge in [0.1, 0.15) is 5.82 Å². The van der Waals surface area contributed by atoms with Crippen LogP contribution in [0.5, 0.6) is 0 Å². The van der Waals surface area contributed by atoms with Gasteiger partial charge in [-0.15, -0.1) is 0 Å². The van der Waals surface area contributed by atoms with Crippen molar-refractivity contribution in [3.63, 3.8) is 0 Å². The molecule has 1 aliphatic rings. The Labute approximate surface area is 200 Å². The SMILES string of the molecule is CC.CC.CCCN(C)C(=O)C1CCCN(c2ccc(C)c(-c3nc4ccccc4[nH]3)c2)C1. The van der Waals surface area contributed by atoms with Crippen LogP contribution in [0.1, 0.15) is 59.4 Å². The Bertz CT molecular complexity index is 977. The molecule has 2 aromatic carbocycles. The maximum atomic E-state index is 12.8. The van der Waals surface area contributed by atoms with E-state index in [1.807, 2.05) is 57.8 Å². The summed E-state index contributed by atoms with van der Waals surface area (Å²) in [5.74, 6) is 1.26. The minimum Gasteiger partial charge on any atom is -0.371 e. The molecule has 1 N–H and O–H groups in total. The lowest BCUT2D eigenvalue weighted by molar-refractivity contribution is -0.134. The van der Waals surface area contributed by atoms with Crippen LogP contribution in [0.25, 0.3) is 22.4 Å². The third kappa shape index (κ3) is 6.37. The van der Waals surface area contributed by atoms with Crippen LogP contribution >= 0.6 is 0 Å². The monoisotopic (exact) mass is 450 g/mol. The normalized spacial score (nSPS) is 15.2. The number of imidazole rings is 1. The number of benzene rings is 2. The molecule has 2 heterocycles. The Morgan fingerprint density at radius 2 is 1.88 bits per heavy atom. The number of para-hydroxylation sites is 2. The van der Waals surface area contributed by atoms with Gasteiger partial charge in [0.15, 0.2) is 0 Å². The van der Waals surface area contributed by atoms with Crippen molar-refractivity contribution in [3.05, 3.63) is 48.0 Å². The van der Waals surface area contributed by atoms with Gasteiger partial charge >= 0.3 is 0 Å². The standard InChI is InChI=1S/C24H30N4O.2C2H6/c1-4-13-27(3)24(29)18-8-7-14-28(16-18)19-12-11-17(2)20(15-19)23-25-21-9-5-6-10-22(21)26-23;2*1-2/h5-6,9-12,15,18H,4,7-8,13-14,16H2,1-3H3,(H,25,26);2*1-2H3. The molecular formula is C28H42N4O. The van der Waals surface area contributed by atoms with E-state index in [1.165, 1.54) is 11.3 Å². The molecule has 4 rings (SSSR count). The van der Waals surface area contributed by atoms with Crippen LogP contribution in [0.3, 0.4) is 0 Å². The highest BCUT2D eigenvalue weighted by molar-refractivity contribution is 5.81. The second kappa shape index (κ2) is 13.0. The highest BCUT2D eigenvalue weighted by Gasteiger charge is 2.28. The molecule has 1 aromatic heterocycles. The van der Waals surface area contributed by atoms with Crippen LogP contribution in [0.15, 0.2) is 42.5 Å². The van der Waals surface area contributed by atoms with Crippen LogP contribution < -0.4 is 4.90 Å². The number of fused-ring (bicyclic) bond motifs is 1. The van der Waals surface area contributed by atoms with Crippen LogP contribution in [-0.2, 0) is 4.79 Å². The van der Waals surface area contributed by atoms with E-state index in [-0.39, 0.29) is 11.8 Å². The van der Waals surface area contributed by atoms with Gasteiger partial charge in [0, 0.05) is 37.9 Å². The van der Waals surface area contributed by atoms with Gasteiger partial charge in [-0.2, -0.15) is 0 Å². The molecule has 1 saturated heterocycles. The average molecular weight is 451 g/mol. The minimum absolute atomic E-state index is 0.0799. The summed E-state index contributed by atoms with van der Waals surface area (Å²) in [6, 6.07) is 14.7. The van der Waals surface area contributed by atoms with Crippen molar-refractivity contribution in [3.8, 4) is 11.4 Å². The van der Waals surface area contributed by atoms with Crippen molar-refractivity contribution in [2.24, 2.45) is 5.92 Å². The fourth-order valence-corrected chi connectivity index (χ4v) is 4.31. The van der Waals surface area contributed by atoms with Crippen molar-refractivity contribution in [2.75, 3.05) is 31.6 Å². The maximum absolute atomic E-state index is 12.8. The molecule has 33 heavy (non-hydrogen) atoms. The number of H-pyrrole nitrogens is 1. The van der Waals surface area contributed by atoms with E-state index < -0.39 is 0 Å². The first-order chi connectivity index (χ1) is 16.1. The van der Waals surface area contributed by atoms with Gasteiger partial charge in [-0.05, 0) is 56.0 Å². The Morgan fingerprint density at radius 1 is 1.15 bits per heavy atom. The molecule has 3 aromatic rings. The van der Waals surface area contributed by atoms with Gasteiger partial charge in [-0.3, -0.25) is 4.79 Å². The van der Waals surface area contributed by atoms with Crippen molar-refractivity contribution in [1.82, 2.24) is 14.9 Å². The number of hydrogen-bond acceptors (Lipinski definition) is 3. The van der Waals surface area contributed by atoms with Gasteiger partial charge in [-0.25, -0.2) is 4.98 Å². The summed E-state index contributed by atoms with van der Waals surface area (Å²) in [4.78, 5) is 25.3. The van der Waals surface area contributed by atoms with E-state index in [9.17, 15) is 4.79 Å². The molecule has 1 atom stereocenters.